The van der Waals surface area contributed by atoms with Crippen LogP contribution in [0, 0.1) is 23.2 Å². The van der Waals surface area contributed by atoms with Crippen LogP contribution in [-0.4, -0.2) is 33.7 Å². The van der Waals surface area contributed by atoms with Crippen LogP contribution in [0.3, 0.4) is 0 Å². The van der Waals surface area contributed by atoms with Crippen molar-refractivity contribution in [2.45, 2.75) is 38.5 Å². The van der Waals surface area contributed by atoms with Crippen LogP contribution in [0.1, 0.15) is 38.5 Å². The van der Waals surface area contributed by atoms with Gasteiger partial charge < -0.3 is 10.2 Å². The lowest BCUT2D eigenvalue weighted by atomic mass is 9.49. The van der Waals surface area contributed by atoms with Crippen molar-refractivity contribution in [2.75, 3.05) is 33.7 Å². The van der Waals surface area contributed by atoms with Gasteiger partial charge in [0.15, 0.2) is 0 Å². The van der Waals surface area contributed by atoms with Crippen LogP contribution in [-0.2, 0) is 0 Å². The van der Waals surface area contributed by atoms with E-state index in [1.54, 1.807) is 43.4 Å². The zero-order valence-corrected chi connectivity index (χ0v) is 11.7. The summed E-state index contributed by atoms with van der Waals surface area (Å²) in [6.45, 7) is 4.07. The molecule has 0 spiro atoms. The van der Waals surface area contributed by atoms with Crippen LogP contribution < -0.4 is 10.2 Å². The fourth-order valence-electron chi connectivity index (χ4n) is 5.34. The predicted octanol–water partition coefficient (Wildman–Crippen LogP) is -0.0893. The highest BCUT2D eigenvalue weighted by atomic mass is 15.1. The minimum Gasteiger partial charge on any atom is -0.341 e. The maximum absolute atomic E-state index is 2.63. The fourth-order valence-corrected chi connectivity index (χ4v) is 5.34. The van der Waals surface area contributed by atoms with Crippen molar-refractivity contribution in [3.05, 3.63) is 0 Å². The van der Waals surface area contributed by atoms with Crippen molar-refractivity contribution >= 4 is 0 Å². The molecule has 0 aromatic carbocycles. The van der Waals surface area contributed by atoms with E-state index in [2.05, 4.69) is 19.4 Å². The van der Waals surface area contributed by atoms with Crippen molar-refractivity contribution in [1.82, 2.24) is 0 Å². The molecular weight excluding hydrogens is 208 g/mol. The van der Waals surface area contributed by atoms with Gasteiger partial charge in [0.2, 0.25) is 0 Å². The van der Waals surface area contributed by atoms with Gasteiger partial charge in [-0.1, -0.05) is 0 Å². The van der Waals surface area contributed by atoms with Crippen LogP contribution >= 0.6 is 0 Å². The monoisotopic (exact) mass is 238 g/mol. The molecule has 0 atom stereocenters. The Morgan fingerprint density at radius 1 is 1.00 bits per heavy atom. The van der Waals surface area contributed by atoms with Crippen LogP contribution in [0.5, 0.6) is 0 Å². The summed E-state index contributed by atoms with van der Waals surface area (Å²) in [5.74, 6) is 3.36. The number of nitrogens with one attached hydrogen (secondary N) is 1. The van der Waals surface area contributed by atoms with Crippen molar-refractivity contribution < 1.29 is 10.2 Å². The summed E-state index contributed by atoms with van der Waals surface area (Å²) in [4.78, 5) is 1.59. The van der Waals surface area contributed by atoms with Crippen LogP contribution in [0.4, 0.5) is 0 Å². The van der Waals surface area contributed by atoms with E-state index in [0.29, 0.717) is 0 Å². The van der Waals surface area contributed by atoms with Crippen LogP contribution in [0.25, 0.3) is 0 Å². The SMILES string of the molecule is C[NH+](C)CC[NH2+]CC12CC3CC(CC(C3)C1)C2. The highest BCUT2D eigenvalue weighted by Crippen LogP contribution is 2.59. The number of likely N-dealkylation sites (N-methyl/N-ethyl adjacent to an activating group) is 1. The standard InChI is InChI=1S/C15H28N2/c1-17(2)4-3-16-11-15-8-12-5-13(9-15)7-14(6-12)10-15/h12-14,16H,3-11H2,1-2H3/p+2. The molecule has 4 rings (SSSR count). The van der Waals surface area contributed by atoms with E-state index in [9.17, 15) is 0 Å². The lowest BCUT2D eigenvalue weighted by molar-refractivity contribution is -0.875. The number of nitrogens with two attached hydrogens (primary N) is 1. The Labute approximate surface area is 106 Å². The van der Waals surface area contributed by atoms with E-state index in [1.165, 1.54) is 19.6 Å². The molecule has 4 fully saturated rings. The van der Waals surface area contributed by atoms with Crippen molar-refractivity contribution in [2.24, 2.45) is 23.2 Å². The molecule has 3 N–H and O–H groups in total. The van der Waals surface area contributed by atoms with E-state index in [-0.39, 0.29) is 0 Å². The number of quaternary nitrogens is 2. The minimum atomic E-state index is 0.774. The van der Waals surface area contributed by atoms with Gasteiger partial charge in [0.05, 0.1) is 20.6 Å². The Kier molecular flexibility index (Phi) is 3.20. The third-order valence-electron chi connectivity index (χ3n) is 5.59. The van der Waals surface area contributed by atoms with Crippen molar-refractivity contribution in [3.8, 4) is 0 Å². The molecule has 0 heterocycles. The quantitative estimate of drug-likeness (QED) is 0.625. The summed E-state index contributed by atoms with van der Waals surface area (Å²) in [6, 6.07) is 0. The number of rotatable bonds is 5. The fraction of sp³-hybridized carbons (Fsp3) is 1.00. The van der Waals surface area contributed by atoms with Gasteiger partial charge in [-0.15, -0.1) is 0 Å². The average Bonchev–Trinajstić information content (AvgIpc) is 2.22. The predicted molar refractivity (Wildman–Crippen MR) is 69.9 cm³/mol. The number of hydrogen-bond donors (Lipinski definition) is 2. The number of hydrogen-bond acceptors (Lipinski definition) is 0. The first kappa shape index (κ1) is 12.0. The molecule has 4 bridgehead atoms. The molecule has 17 heavy (non-hydrogen) atoms. The van der Waals surface area contributed by atoms with Gasteiger partial charge in [0.25, 0.3) is 0 Å². The molecule has 0 saturated heterocycles. The van der Waals surface area contributed by atoms with Crippen LogP contribution in [0.15, 0.2) is 0 Å². The second-order valence-corrected chi connectivity index (χ2v) is 7.66. The lowest BCUT2D eigenvalue weighted by Crippen LogP contribution is -3.09. The van der Waals surface area contributed by atoms with E-state index in [1.807, 2.05) is 0 Å². The van der Waals surface area contributed by atoms with Gasteiger partial charge in [0.1, 0.15) is 13.1 Å². The van der Waals surface area contributed by atoms with Gasteiger partial charge in [-0.2, -0.15) is 0 Å². The molecule has 0 unspecified atom stereocenters. The Morgan fingerprint density at radius 3 is 2.00 bits per heavy atom. The van der Waals surface area contributed by atoms with Gasteiger partial charge in [-0.3, -0.25) is 0 Å². The second-order valence-electron chi connectivity index (χ2n) is 7.66. The molecule has 0 amide bonds. The largest absolute Gasteiger partial charge is 0.341 e. The van der Waals surface area contributed by atoms with Gasteiger partial charge in [-0.25, -0.2) is 0 Å². The smallest absolute Gasteiger partial charge is 0.126 e. The summed E-state index contributed by atoms with van der Waals surface area (Å²) in [5.41, 5.74) is 0.774. The van der Waals surface area contributed by atoms with E-state index >= 15 is 0 Å². The topological polar surface area (TPSA) is 21.1 Å². The summed E-state index contributed by atoms with van der Waals surface area (Å²) >= 11 is 0. The van der Waals surface area contributed by atoms with Gasteiger partial charge >= 0.3 is 0 Å². The van der Waals surface area contributed by atoms with Gasteiger partial charge in [-0.05, 0) is 56.3 Å². The van der Waals surface area contributed by atoms with Gasteiger partial charge in [0, 0.05) is 5.41 Å². The Morgan fingerprint density at radius 2 is 1.53 bits per heavy atom. The molecule has 0 aromatic rings. The average molecular weight is 238 g/mol. The van der Waals surface area contributed by atoms with Crippen molar-refractivity contribution in [1.29, 1.82) is 0 Å². The maximum atomic E-state index is 2.63. The highest BCUT2D eigenvalue weighted by molar-refractivity contribution is 5.00. The molecule has 2 heteroatoms. The van der Waals surface area contributed by atoms with E-state index in [4.69, 9.17) is 0 Å². The molecule has 98 valence electrons. The van der Waals surface area contributed by atoms with E-state index < -0.39 is 0 Å². The summed E-state index contributed by atoms with van der Waals surface area (Å²) < 4.78 is 0. The maximum Gasteiger partial charge on any atom is 0.126 e. The lowest BCUT2D eigenvalue weighted by Gasteiger charge is -2.55. The molecule has 0 radical (unpaired) electrons. The normalized spacial score (nSPS) is 43.6. The molecular formula is C15H30N2+2. The molecule has 4 saturated carbocycles. The van der Waals surface area contributed by atoms with E-state index in [0.717, 1.165) is 23.2 Å². The molecule has 2 nitrogen and oxygen atoms in total. The first-order valence-corrected chi connectivity index (χ1v) is 7.76. The first-order chi connectivity index (χ1) is 8.15. The third kappa shape index (κ3) is 2.53. The zero-order chi connectivity index (χ0) is 11.9. The Bertz CT molecular complexity index is 237. The van der Waals surface area contributed by atoms with Crippen LogP contribution in [0.2, 0.25) is 0 Å². The summed E-state index contributed by atoms with van der Waals surface area (Å²) in [7, 11) is 4.52. The summed E-state index contributed by atoms with van der Waals surface area (Å²) in [5, 5.41) is 2.63. The molecule has 4 aliphatic carbocycles. The highest BCUT2D eigenvalue weighted by Gasteiger charge is 2.51. The Hall–Kier alpha value is -0.0800. The molecule has 0 aromatic heterocycles. The zero-order valence-electron chi connectivity index (χ0n) is 11.7. The molecule has 0 aliphatic heterocycles. The minimum absolute atomic E-state index is 0.774. The third-order valence-corrected chi connectivity index (χ3v) is 5.59. The summed E-state index contributed by atoms with van der Waals surface area (Å²) in [6.07, 6.45) is 9.47. The Balaban J connectivity index is 1.52. The first-order valence-electron chi connectivity index (χ1n) is 7.76. The van der Waals surface area contributed by atoms with Crippen molar-refractivity contribution in [3.63, 3.8) is 0 Å². The molecule has 4 aliphatic rings. The second kappa shape index (κ2) is 4.55.